The Hall–Kier alpha value is -1.73. The molecule has 0 aromatic carbocycles. The van der Waals surface area contributed by atoms with E-state index in [9.17, 15) is 19.2 Å². The molecule has 126 valence electrons. The van der Waals surface area contributed by atoms with Gasteiger partial charge in [0.2, 0.25) is 41.7 Å². The number of carbonyl (C=O) groups excluding carboxylic acids is 4. The second kappa shape index (κ2) is 10.2. The van der Waals surface area contributed by atoms with Gasteiger partial charge in [0.25, 0.3) is 0 Å². The van der Waals surface area contributed by atoms with Crippen LogP contribution in [-0.2, 0) is 19.2 Å². The van der Waals surface area contributed by atoms with Crippen LogP contribution in [0.15, 0.2) is 0 Å². The van der Waals surface area contributed by atoms with E-state index >= 15 is 0 Å². The van der Waals surface area contributed by atoms with Crippen molar-refractivity contribution in [2.45, 2.75) is 46.5 Å². The molecule has 0 aromatic rings. The van der Waals surface area contributed by atoms with Crippen molar-refractivity contribution in [2.75, 3.05) is 13.1 Å². The minimum absolute atomic E-state index is 0.0949. The molecule has 0 heterocycles. The average molecular weight is 329 g/mol. The Bertz CT molecular complexity index is 478. The average Bonchev–Trinajstić information content (AvgIpc) is 2.48. The molecule has 0 saturated carbocycles. The van der Waals surface area contributed by atoms with Crippen LogP contribution < -0.4 is 5.23 Å². The number of nitrogens with zero attached hydrogens (tertiary/aromatic N) is 2. The Morgan fingerprint density at radius 2 is 1.46 bits per heavy atom. The highest BCUT2D eigenvalue weighted by Gasteiger charge is 2.22. The third-order valence-electron chi connectivity index (χ3n) is 3.34. The molecule has 0 fully saturated rings. The topological polar surface area (TPSA) is 86.8 Å². The quantitative estimate of drug-likeness (QED) is 0.443. The monoisotopic (exact) mass is 329 g/mol. The number of nitrogens with one attached hydrogen (secondary N) is 1. The largest absolute Gasteiger partial charge is 0.447 e. The lowest BCUT2D eigenvalue weighted by Crippen LogP contribution is -2.45. The Morgan fingerprint density at radius 3 is 1.92 bits per heavy atom. The van der Waals surface area contributed by atoms with Crippen molar-refractivity contribution in [1.29, 1.82) is 0 Å². The summed E-state index contributed by atoms with van der Waals surface area (Å²) in [5.41, 5.74) is -0.409. The van der Waals surface area contributed by atoms with Crippen LogP contribution in [0.4, 0.5) is 0 Å². The van der Waals surface area contributed by atoms with Crippen LogP contribution in [0.5, 0.6) is 0 Å². The van der Waals surface area contributed by atoms with Crippen LogP contribution in [0.3, 0.4) is 0 Å². The van der Waals surface area contributed by atoms with Crippen molar-refractivity contribution < 1.29 is 19.2 Å². The van der Waals surface area contributed by atoms with E-state index in [1.807, 2.05) is 26.0 Å². The molecule has 0 spiro atoms. The fourth-order valence-corrected chi connectivity index (χ4v) is 1.79. The first-order valence-corrected chi connectivity index (χ1v) is 7.62. The summed E-state index contributed by atoms with van der Waals surface area (Å²) in [6, 6.07) is 0. The summed E-state index contributed by atoms with van der Waals surface area (Å²) in [7, 11) is 15.2. The van der Waals surface area contributed by atoms with Crippen LogP contribution >= 0.6 is 0 Å². The smallest absolute Gasteiger partial charge is 0.226 e. The Morgan fingerprint density at radius 1 is 0.917 bits per heavy atom. The fraction of sp³-hybridized carbons (Fsp3) is 0.714. The summed E-state index contributed by atoms with van der Waals surface area (Å²) >= 11 is 0. The molecule has 0 rings (SSSR count). The minimum atomic E-state index is -0.726. The van der Waals surface area contributed by atoms with E-state index < -0.39 is 29.7 Å². The van der Waals surface area contributed by atoms with E-state index in [-0.39, 0.29) is 18.7 Å². The lowest BCUT2D eigenvalue weighted by atomic mass is 9.88. The van der Waals surface area contributed by atoms with E-state index in [2.05, 4.69) is 0 Å². The molecule has 10 heteroatoms. The molecule has 0 atom stereocenters. The van der Waals surface area contributed by atoms with Gasteiger partial charge in [-0.3, -0.25) is 19.2 Å². The van der Waals surface area contributed by atoms with Crippen LogP contribution in [0, 0.1) is 5.41 Å². The van der Waals surface area contributed by atoms with E-state index in [1.54, 1.807) is 0 Å². The fourth-order valence-electron chi connectivity index (χ4n) is 1.79. The van der Waals surface area contributed by atoms with E-state index in [1.165, 1.54) is 0 Å². The highest BCUT2D eigenvalue weighted by Crippen LogP contribution is 2.18. The summed E-state index contributed by atoms with van der Waals surface area (Å²) in [5.74, 6) is -1.65. The van der Waals surface area contributed by atoms with Gasteiger partial charge in [0, 0.05) is 18.3 Å². The van der Waals surface area contributed by atoms with Gasteiger partial charge >= 0.3 is 0 Å². The van der Waals surface area contributed by atoms with Gasteiger partial charge in [0.05, 0.1) is 13.1 Å². The molecule has 3 amide bonds. The van der Waals surface area contributed by atoms with Crippen LogP contribution in [0.25, 0.3) is 0 Å². The third kappa shape index (κ3) is 8.79. The summed E-state index contributed by atoms with van der Waals surface area (Å²) in [4.78, 5) is 47.9. The summed E-state index contributed by atoms with van der Waals surface area (Å²) in [6.45, 7) is 4.70. The lowest BCUT2D eigenvalue weighted by molar-refractivity contribution is -0.139. The van der Waals surface area contributed by atoms with Gasteiger partial charge in [-0.15, -0.1) is 0 Å². The lowest BCUT2D eigenvalue weighted by Gasteiger charge is -2.23. The summed E-state index contributed by atoms with van der Waals surface area (Å²) < 4.78 is 0.350. The number of Topliss-reactive ketones (excluding diaryl/α,β-unsaturated/α-hetero) is 1. The van der Waals surface area contributed by atoms with Crippen molar-refractivity contribution in [2.24, 2.45) is 5.41 Å². The van der Waals surface area contributed by atoms with Crippen molar-refractivity contribution >= 4 is 47.4 Å². The number of hydrogen-bond acceptors (Lipinski definition) is 4. The Balaban J connectivity index is 4.51. The molecule has 0 unspecified atom stereocenters. The third-order valence-corrected chi connectivity index (χ3v) is 3.34. The summed E-state index contributed by atoms with van der Waals surface area (Å²) in [6.07, 6.45) is 1.48. The zero-order valence-electron chi connectivity index (χ0n) is 14.5. The molecule has 6 radical (unpaired) electrons. The van der Waals surface area contributed by atoms with Gasteiger partial charge in [0.1, 0.15) is 5.78 Å². The maximum absolute atomic E-state index is 12.2. The number of amides is 3. The first-order valence-electron chi connectivity index (χ1n) is 7.62. The maximum atomic E-state index is 12.2. The molecule has 0 bridgehead atoms. The SMILES string of the molecule is [B]NC(=O)CN(CC(=O)N([B])[B])C(=O)CCCCC(=O)C(C)(C)C. The van der Waals surface area contributed by atoms with Gasteiger partial charge in [-0.05, 0) is 12.8 Å². The Kier molecular flexibility index (Phi) is 9.47. The second-order valence-corrected chi connectivity index (χ2v) is 6.50. The zero-order valence-corrected chi connectivity index (χ0v) is 14.5. The molecule has 0 saturated heterocycles. The van der Waals surface area contributed by atoms with Crippen LogP contribution in [0.2, 0.25) is 0 Å². The summed E-state index contributed by atoms with van der Waals surface area (Å²) in [5, 5.41) is 1.89. The molecule has 0 aromatic heterocycles. The molecule has 1 N–H and O–H groups in total. The van der Waals surface area contributed by atoms with Crippen molar-refractivity contribution in [1.82, 2.24) is 14.8 Å². The van der Waals surface area contributed by atoms with E-state index in [0.717, 1.165) is 4.90 Å². The van der Waals surface area contributed by atoms with Gasteiger partial charge in [-0.1, -0.05) is 20.8 Å². The van der Waals surface area contributed by atoms with Gasteiger partial charge < -0.3 is 14.8 Å². The molecular weight excluding hydrogens is 307 g/mol. The first kappa shape index (κ1) is 22.3. The maximum Gasteiger partial charge on any atom is 0.226 e. The van der Waals surface area contributed by atoms with E-state index in [4.69, 9.17) is 23.9 Å². The number of carbonyl (C=O) groups is 4. The molecule has 0 aliphatic heterocycles. The zero-order chi connectivity index (χ0) is 18.9. The highest BCUT2D eigenvalue weighted by atomic mass is 16.2. The van der Waals surface area contributed by atoms with Crippen molar-refractivity contribution in [3.63, 3.8) is 0 Å². The number of rotatable bonds is 9. The number of hydrogen-bond donors (Lipinski definition) is 1. The molecular formula is C14H22B3N3O4. The first-order chi connectivity index (χ1) is 11.0. The van der Waals surface area contributed by atoms with Crippen LogP contribution in [0.1, 0.15) is 46.5 Å². The minimum Gasteiger partial charge on any atom is -0.447 e. The van der Waals surface area contributed by atoms with Crippen LogP contribution in [-0.4, -0.2) is 70.2 Å². The second-order valence-electron chi connectivity index (χ2n) is 6.50. The predicted octanol–water partition coefficient (Wildman–Crippen LogP) is -0.814. The van der Waals surface area contributed by atoms with Gasteiger partial charge in [-0.2, -0.15) is 0 Å². The number of unbranched alkanes of at least 4 members (excludes halogenated alkanes) is 1. The Labute approximate surface area is 147 Å². The number of ketones is 1. The van der Waals surface area contributed by atoms with Crippen molar-refractivity contribution in [3.05, 3.63) is 0 Å². The van der Waals surface area contributed by atoms with Gasteiger partial charge in [0.15, 0.2) is 0 Å². The highest BCUT2D eigenvalue weighted by molar-refractivity contribution is 6.34. The molecule has 24 heavy (non-hydrogen) atoms. The van der Waals surface area contributed by atoms with Crippen molar-refractivity contribution in [3.8, 4) is 0 Å². The van der Waals surface area contributed by atoms with E-state index in [0.29, 0.717) is 24.0 Å². The van der Waals surface area contributed by atoms with Gasteiger partial charge in [-0.25, -0.2) is 0 Å². The molecule has 0 aliphatic rings. The predicted molar refractivity (Wildman–Crippen MR) is 91.8 cm³/mol. The standard InChI is InChI=1S/C14H22B3N3O4/c1-14(2,3)10(21)6-4-5-7-12(23)19(8-11(22)18-15)9-13(24)20(16)17/h4-9H2,1-3H3,(H,18,22). The molecule has 7 nitrogen and oxygen atoms in total. The normalized spacial score (nSPS) is 10.8. The molecule has 0 aliphatic carbocycles.